The quantitative estimate of drug-likeness (QED) is 0.738. The van der Waals surface area contributed by atoms with Crippen molar-refractivity contribution in [3.63, 3.8) is 0 Å². The number of carbonyl (C=O) groups excluding carboxylic acids is 1. The standard InChI is InChI=1S/C14H18FN3O4S/c15-13-9(7-10-3-1-2-6-16-10)4-5-11(19)14(13)18-8-12(20)17-23(18,21)22/h4-5,10,16,19H,1-3,6-8H2,(H,17,20). The summed E-state index contributed by atoms with van der Waals surface area (Å²) >= 11 is 0. The second-order valence-corrected chi connectivity index (χ2v) is 7.39. The van der Waals surface area contributed by atoms with E-state index >= 15 is 0 Å². The first kappa shape index (κ1) is 16.0. The summed E-state index contributed by atoms with van der Waals surface area (Å²) in [6.45, 7) is 0.327. The summed E-state index contributed by atoms with van der Waals surface area (Å²) in [6, 6.07) is 2.82. The van der Waals surface area contributed by atoms with Gasteiger partial charge in [0, 0.05) is 6.04 Å². The largest absolute Gasteiger partial charge is 0.506 e. The summed E-state index contributed by atoms with van der Waals surface area (Å²) in [6.07, 6.45) is 3.45. The molecule has 2 aliphatic rings. The Balaban J connectivity index is 1.94. The molecule has 3 rings (SSSR count). The van der Waals surface area contributed by atoms with Crippen molar-refractivity contribution in [3.8, 4) is 5.75 Å². The van der Waals surface area contributed by atoms with Gasteiger partial charge < -0.3 is 10.4 Å². The number of halogens is 1. The molecule has 126 valence electrons. The van der Waals surface area contributed by atoms with E-state index in [1.807, 2.05) is 0 Å². The predicted octanol–water partition coefficient (Wildman–Crippen LogP) is 0.397. The van der Waals surface area contributed by atoms with Gasteiger partial charge in [-0.2, -0.15) is 8.42 Å². The van der Waals surface area contributed by atoms with Crippen LogP contribution in [-0.4, -0.2) is 38.6 Å². The summed E-state index contributed by atoms with van der Waals surface area (Å²) < 4.78 is 40.9. The summed E-state index contributed by atoms with van der Waals surface area (Å²) in [5, 5.41) is 13.2. The number of hydrogen-bond donors (Lipinski definition) is 3. The Morgan fingerprint density at radius 2 is 2.13 bits per heavy atom. The smallest absolute Gasteiger partial charge is 0.326 e. The highest BCUT2D eigenvalue weighted by molar-refractivity contribution is 7.92. The van der Waals surface area contributed by atoms with Gasteiger partial charge in [-0.3, -0.25) is 4.79 Å². The van der Waals surface area contributed by atoms with Crippen LogP contribution in [0.1, 0.15) is 24.8 Å². The molecule has 1 aromatic rings. The highest BCUT2D eigenvalue weighted by Gasteiger charge is 2.38. The third kappa shape index (κ3) is 3.11. The highest BCUT2D eigenvalue weighted by Crippen LogP contribution is 2.35. The number of rotatable bonds is 3. The van der Waals surface area contributed by atoms with E-state index in [1.165, 1.54) is 12.1 Å². The summed E-state index contributed by atoms with van der Waals surface area (Å²) in [4.78, 5) is 11.3. The van der Waals surface area contributed by atoms with Crippen LogP contribution in [0.5, 0.6) is 5.75 Å². The van der Waals surface area contributed by atoms with E-state index in [9.17, 15) is 22.7 Å². The maximum absolute atomic E-state index is 14.8. The molecule has 2 aliphatic heterocycles. The zero-order valence-electron chi connectivity index (χ0n) is 12.4. The van der Waals surface area contributed by atoms with Gasteiger partial charge in [-0.1, -0.05) is 12.5 Å². The second-order valence-electron chi connectivity index (χ2n) is 5.79. The van der Waals surface area contributed by atoms with Crippen molar-refractivity contribution >= 4 is 21.8 Å². The number of hydrogen-bond acceptors (Lipinski definition) is 5. The van der Waals surface area contributed by atoms with Crippen LogP contribution in [0, 0.1) is 5.82 Å². The second kappa shape index (κ2) is 5.97. The number of phenols is 1. The minimum Gasteiger partial charge on any atom is -0.506 e. The first-order valence-corrected chi connectivity index (χ1v) is 8.89. The Labute approximate surface area is 133 Å². The number of nitrogens with one attached hydrogen (secondary N) is 2. The van der Waals surface area contributed by atoms with Gasteiger partial charge in [-0.05, 0) is 37.4 Å². The third-order valence-corrected chi connectivity index (χ3v) is 5.50. The van der Waals surface area contributed by atoms with E-state index < -0.39 is 39.9 Å². The minimum absolute atomic E-state index is 0.116. The van der Waals surface area contributed by atoms with E-state index in [1.54, 1.807) is 4.72 Å². The van der Waals surface area contributed by atoms with E-state index in [2.05, 4.69) is 5.32 Å². The monoisotopic (exact) mass is 343 g/mol. The number of anilines is 1. The number of amides is 1. The van der Waals surface area contributed by atoms with Crippen LogP contribution in [0.4, 0.5) is 10.1 Å². The molecule has 1 aromatic carbocycles. The van der Waals surface area contributed by atoms with E-state index in [4.69, 9.17) is 0 Å². The molecule has 0 radical (unpaired) electrons. The molecule has 0 spiro atoms. The van der Waals surface area contributed by atoms with Gasteiger partial charge in [0.25, 0.3) is 5.91 Å². The predicted molar refractivity (Wildman–Crippen MR) is 81.8 cm³/mol. The minimum atomic E-state index is -4.17. The van der Waals surface area contributed by atoms with E-state index in [-0.39, 0.29) is 6.04 Å². The molecule has 2 fully saturated rings. The first-order valence-electron chi connectivity index (χ1n) is 7.45. The maximum atomic E-state index is 14.8. The molecule has 9 heteroatoms. The van der Waals surface area contributed by atoms with Crippen LogP contribution in [0.3, 0.4) is 0 Å². The molecule has 2 heterocycles. The first-order chi connectivity index (χ1) is 10.9. The van der Waals surface area contributed by atoms with Crippen molar-refractivity contribution < 1.29 is 22.7 Å². The molecule has 7 nitrogen and oxygen atoms in total. The Hall–Kier alpha value is -1.87. The van der Waals surface area contributed by atoms with Crippen LogP contribution in [0.2, 0.25) is 0 Å². The lowest BCUT2D eigenvalue weighted by atomic mass is 9.97. The van der Waals surface area contributed by atoms with Crippen molar-refractivity contribution in [1.82, 2.24) is 10.0 Å². The van der Waals surface area contributed by atoms with Crippen LogP contribution in [0.15, 0.2) is 12.1 Å². The molecule has 1 amide bonds. The van der Waals surface area contributed by atoms with E-state index in [0.717, 1.165) is 25.8 Å². The van der Waals surface area contributed by atoms with Crippen molar-refractivity contribution in [2.75, 3.05) is 17.4 Å². The topological polar surface area (TPSA) is 98.7 Å². The van der Waals surface area contributed by atoms with E-state index in [0.29, 0.717) is 16.3 Å². The van der Waals surface area contributed by atoms with Crippen LogP contribution in [0.25, 0.3) is 0 Å². The Bertz CT molecular complexity index is 732. The van der Waals surface area contributed by atoms with Gasteiger partial charge in [0.1, 0.15) is 18.0 Å². The SMILES string of the molecule is O=C1CN(c2c(O)ccc(CC3CCCCN3)c2F)S(=O)(=O)N1. The van der Waals surface area contributed by atoms with Crippen LogP contribution >= 0.6 is 0 Å². The van der Waals surface area contributed by atoms with Gasteiger partial charge in [0.2, 0.25) is 0 Å². The molecular formula is C14H18FN3O4S. The van der Waals surface area contributed by atoms with Crippen molar-refractivity contribution in [3.05, 3.63) is 23.5 Å². The van der Waals surface area contributed by atoms with Gasteiger partial charge in [0.15, 0.2) is 5.82 Å². The van der Waals surface area contributed by atoms with Gasteiger partial charge in [-0.15, -0.1) is 0 Å². The zero-order valence-corrected chi connectivity index (χ0v) is 13.2. The fraction of sp³-hybridized carbons (Fsp3) is 0.500. The van der Waals surface area contributed by atoms with Gasteiger partial charge in [-0.25, -0.2) is 13.4 Å². The lowest BCUT2D eigenvalue weighted by molar-refractivity contribution is -0.117. The molecule has 0 saturated carbocycles. The molecule has 0 aliphatic carbocycles. The van der Waals surface area contributed by atoms with Crippen LogP contribution in [-0.2, 0) is 21.4 Å². The number of piperidine rings is 1. The molecule has 1 unspecified atom stereocenters. The van der Waals surface area contributed by atoms with Gasteiger partial charge >= 0.3 is 10.2 Å². The van der Waals surface area contributed by atoms with Crippen molar-refractivity contribution in [2.45, 2.75) is 31.7 Å². The number of benzene rings is 1. The normalized spacial score (nSPS) is 23.8. The third-order valence-electron chi connectivity index (χ3n) is 4.12. The number of phenolic OH excluding ortho intramolecular Hbond substituents is 1. The molecule has 0 bridgehead atoms. The average Bonchev–Trinajstić information content (AvgIpc) is 2.76. The lowest BCUT2D eigenvalue weighted by Gasteiger charge is -2.25. The molecular weight excluding hydrogens is 325 g/mol. The molecule has 23 heavy (non-hydrogen) atoms. The Morgan fingerprint density at radius 1 is 1.35 bits per heavy atom. The number of aromatic hydroxyl groups is 1. The molecule has 3 N–H and O–H groups in total. The fourth-order valence-electron chi connectivity index (χ4n) is 3.00. The number of carbonyl (C=O) groups is 1. The Kier molecular flexibility index (Phi) is 4.15. The molecule has 2 saturated heterocycles. The Morgan fingerprint density at radius 3 is 2.74 bits per heavy atom. The fourth-order valence-corrected chi connectivity index (χ4v) is 4.16. The van der Waals surface area contributed by atoms with Gasteiger partial charge in [0.05, 0.1) is 0 Å². The highest BCUT2D eigenvalue weighted by atomic mass is 32.2. The van der Waals surface area contributed by atoms with Crippen molar-refractivity contribution in [1.29, 1.82) is 0 Å². The molecule has 1 atom stereocenters. The average molecular weight is 343 g/mol. The summed E-state index contributed by atoms with van der Waals surface area (Å²) in [5.74, 6) is -2.08. The van der Waals surface area contributed by atoms with Crippen molar-refractivity contribution in [2.24, 2.45) is 0 Å². The molecule has 0 aromatic heterocycles. The summed E-state index contributed by atoms with van der Waals surface area (Å²) in [5.41, 5.74) is -0.164. The number of nitrogens with zero attached hydrogens (tertiary/aromatic N) is 1. The zero-order chi connectivity index (χ0) is 16.6. The van der Waals surface area contributed by atoms with Crippen LogP contribution < -0.4 is 14.3 Å². The summed E-state index contributed by atoms with van der Waals surface area (Å²) in [7, 11) is -4.17. The lowest BCUT2D eigenvalue weighted by Crippen LogP contribution is -2.36. The maximum Gasteiger partial charge on any atom is 0.326 e.